The van der Waals surface area contributed by atoms with Crippen LogP contribution in [-0.4, -0.2) is 15.5 Å². The van der Waals surface area contributed by atoms with Gasteiger partial charge in [-0.25, -0.2) is 13.6 Å². The zero-order valence-corrected chi connectivity index (χ0v) is 12.0. The number of primary sulfonamides is 1. The largest absolute Gasteiger partial charge is 0.397 e. The lowest BCUT2D eigenvalue weighted by atomic mass is 10.2. The summed E-state index contributed by atoms with van der Waals surface area (Å²) in [5.74, 6) is 0. The first-order valence-corrected chi connectivity index (χ1v) is 7.60. The lowest BCUT2D eigenvalue weighted by molar-refractivity contribution is 0.598. The maximum Gasteiger partial charge on any atom is 0.238 e. The van der Waals surface area contributed by atoms with Gasteiger partial charge in [-0.1, -0.05) is 30.3 Å². The molecule has 0 unspecified atom stereocenters. The Hall–Kier alpha value is -2.05. The summed E-state index contributed by atoms with van der Waals surface area (Å²) in [5.41, 5.74) is 8.20. The molecule has 2 aromatic carbocycles. The highest BCUT2D eigenvalue weighted by Gasteiger charge is 2.12. The molecular weight excluding hydrogens is 274 g/mol. The minimum atomic E-state index is -3.73. The van der Waals surface area contributed by atoms with Gasteiger partial charge >= 0.3 is 0 Å². The quantitative estimate of drug-likeness (QED) is 0.836. The van der Waals surface area contributed by atoms with E-state index in [1.807, 2.05) is 42.3 Å². The van der Waals surface area contributed by atoms with Gasteiger partial charge in [0.2, 0.25) is 10.0 Å². The van der Waals surface area contributed by atoms with E-state index >= 15 is 0 Å². The Morgan fingerprint density at radius 1 is 1.10 bits per heavy atom. The van der Waals surface area contributed by atoms with Crippen LogP contribution in [0.3, 0.4) is 0 Å². The SMILES string of the molecule is CN(Cc1ccccc1)c1ccc(S(N)(=O)=O)cc1N. The number of nitrogens with two attached hydrogens (primary N) is 2. The van der Waals surface area contributed by atoms with Crippen molar-refractivity contribution in [1.82, 2.24) is 0 Å². The predicted molar refractivity (Wildman–Crippen MR) is 80.8 cm³/mol. The summed E-state index contributed by atoms with van der Waals surface area (Å²) in [6, 6.07) is 14.4. The van der Waals surface area contributed by atoms with Crippen molar-refractivity contribution >= 4 is 21.4 Å². The lowest BCUT2D eigenvalue weighted by Gasteiger charge is -2.21. The molecule has 0 aliphatic heterocycles. The fourth-order valence-corrected chi connectivity index (χ4v) is 2.55. The van der Waals surface area contributed by atoms with Gasteiger partial charge in [0.25, 0.3) is 0 Å². The van der Waals surface area contributed by atoms with Crippen LogP contribution < -0.4 is 15.8 Å². The molecule has 0 radical (unpaired) electrons. The van der Waals surface area contributed by atoms with Crippen molar-refractivity contribution in [2.45, 2.75) is 11.4 Å². The summed E-state index contributed by atoms with van der Waals surface area (Å²) >= 11 is 0. The Morgan fingerprint density at radius 3 is 2.30 bits per heavy atom. The molecule has 2 rings (SSSR count). The van der Waals surface area contributed by atoms with Crippen molar-refractivity contribution in [3.63, 3.8) is 0 Å². The first-order chi connectivity index (χ1) is 9.38. The molecule has 0 saturated heterocycles. The second-order valence-corrected chi connectivity index (χ2v) is 6.17. The summed E-state index contributed by atoms with van der Waals surface area (Å²) < 4.78 is 22.5. The number of nitrogen functional groups attached to an aromatic ring is 1. The predicted octanol–water partition coefficient (Wildman–Crippen LogP) is 1.55. The number of anilines is 2. The van der Waals surface area contributed by atoms with Gasteiger partial charge in [0.05, 0.1) is 16.3 Å². The average Bonchev–Trinajstić information content (AvgIpc) is 2.38. The van der Waals surface area contributed by atoms with Gasteiger partial charge < -0.3 is 10.6 Å². The van der Waals surface area contributed by atoms with Gasteiger partial charge in [-0.15, -0.1) is 0 Å². The summed E-state index contributed by atoms with van der Waals surface area (Å²) in [6.45, 7) is 0.680. The molecule has 0 amide bonds. The van der Waals surface area contributed by atoms with Crippen LogP contribution in [0.25, 0.3) is 0 Å². The Morgan fingerprint density at radius 2 is 1.75 bits per heavy atom. The Balaban J connectivity index is 2.25. The number of rotatable bonds is 4. The summed E-state index contributed by atoms with van der Waals surface area (Å²) in [4.78, 5) is 1.98. The van der Waals surface area contributed by atoms with E-state index in [4.69, 9.17) is 10.9 Å². The lowest BCUT2D eigenvalue weighted by Crippen LogP contribution is -2.19. The average molecular weight is 291 g/mol. The molecule has 6 heteroatoms. The van der Waals surface area contributed by atoms with Crippen molar-refractivity contribution in [1.29, 1.82) is 0 Å². The minimum Gasteiger partial charge on any atom is -0.397 e. The molecule has 20 heavy (non-hydrogen) atoms. The summed E-state index contributed by atoms with van der Waals surface area (Å²) in [5, 5.41) is 5.08. The third-order valence-corrected chi connectivity index (χ3v) is 3.91. The fourth-order valence-electron chi connectivity index (χ4n) is 2.00. The Kier molecular flexibility index (Phi) is 3.96. The molecule has 0 bridgehead atoms. The Labute approximate surface area is 118 Å². The molecule has 0 heterocycles. The van der Waals surface area contributed by atoms with Gasteiger partial charge in [0.1, 0.15) is 0 Å². The van der Waals surface area contributed by atoms with E-state index in [-0.39, 0.29) is 4.90 Å². The second kappa shape index (κ2) is 5.52. The fraction of sp³-hybridized carbons (Fsp3) is 0.143. The Bertz CT molecular complexity index is 700. The van der Waals surface area contributed by atoms with Crippen LogP contribution >= 0.6 is 0 Å². The molecule has 0 spiro atoms. The molecule has 2 aromatic rings. The molecular formula is C14H17N3O2S. The van der Waals surface area contributed by atoms with Crippen LogP contribution in [0.4, 0.5) is 11.4 Å². The van der Waals surface area contributed by atoms with Gasteiger partial charge in [0, 0.05) is 13.6 Å². The first kappa shape index (κ1) is 14.4. The van der Waals surface area contributed by atoms with Crippen LogP contribution in [0.2, 0.25) is 0 Å². The zero-order valence-electron chi connectivity index (χ0n) is 11.2. The van der Waals surface area contributed by atoms with E-state index in [0.717, 1.165) is 11.3 Å². The van der Waals surface area contributed by atoms with Crippen LogP contribution in [-0.2, 0) is 16.6 Å². The number of hydrogen-bond donors (Lipinski definition) is 2. The van der Waals surface area contributed by atoms with Crippen molar-refractivity contribution in [3.8, 4) is 0 Å². The van der Waals surface area contributed by atoms with E-state index in [2.05, 4.69) is 0 Å². The van der Waals surface area contributed by atoms with E-state index in [1.165, 1.54) is 12.1 Å². The number of sulfonamides is 1. The standard InChI is InChI=1S/C14H17N3O2S/c1-17(10-11-5-3-2-4-6-11)14-8-7-12(9-13(14)15)20(16,18)19/h2-9H,10,15H2,1H3,(H2,16,18,19). The van der Waals surface area contributed by atoms with Crippen LogP contribution in [0.1, 0.15) is 5.56 Å². The van der Waals surface area contributed by atoms with E-state index in [1.54, 1.807) is 6.07 Å². The van der Waals surface area contributed by atoms with Crippen LogP contribution in [0.5, 0.6) is 0 Å². The molecule has 0 fully saturated rings. The third-order valence-electron chi connectivity index (χ3n) is 3.00. The number of hydrogen-bond acceptors (Lipinski definition) is 4. The van der Waals surface area contributed by atoms with E-state index in [0.29, 0.717) is 12.2 Å². The maximum atomic E-state index is 11.3. The van der Waals surface area contributed by atoms with Crippen molar-refractivity contribution in [2.75, 3.05) is 17.7 Å². The molecule has 0 aliphatic rings. The monoisotopic (exact) mass is 291 g/mol. The molecule has 4 N–H and O–H groups in total. The molecule has 0 atom stereocenters. The third kappa shape index (κ3) is 3.28. The highest BCUT2D eigenvalue weighted by Crippen LogP contribution is 2.26. The molecule has 0 aliphatic carbocycles. The van der Waals surface area contributed by atoms with E-state index in [9.17, 15) is 8.42 Å². The van der Waals surface area contributed by atoms with Crippen molar-refractivity contribution in [2.24, 2.45) is 5.14 Å². The zero-order chi connectivity index (χ0) is 14.8. The normalized spacial score (nSPS) is 11.3. The summed E-state index contributed by atoms with van der Waals surface area (Å²) in [7, 11) is -1.83. The molecule has 0 aromatic heterocycles. The van der Waals surface area contributed by atoms with Crippen LogP contribution in [0.15, 0.2) is 53.4 Å². The van der Waals surface area contributed by atoms with Gasteiger partial charge in [-0.05, 0) is 23.8 Å². The van der Waals surface area contributed by atoms with Crippen LogP contribution in [0, 0.1) is 0 Å². The smallest absolute Gasteiger partial charge is 0.238 e. The number of benzene rings is 2. The topological polar surface area (TPSA) is 89.4 Å². The molecule has 0 saturated carbocycles. The minimum absolute atomic E-state index is 0.0202. The first-order valence-electron chi connectivity index (χ1n) is 6.05. The molecule has 106 valence electrons. The second-order valence-electron chi connectivity index (χ2n) is 4.61. The summed E-state index contributed by atoms with van der Waals surface area (Å²) in [6.07, 6.45) is 0. The van der Waals surface area contributed by atoms with Gasteiger partial charge in [-0.3, -0.25) is 0 Å². The van der Waals surface area contributed by atoms with Gasteiger partial charge in [-0.2, -0.15) is 0 Å². The van der Waals surface area contributed by atoms with Crippen molar-refractivity contribution in [3.05, 3.63) is 54.1 Å². The molecule has 5 nitrogen and oxygen atoms in total. The highest BCUT2D eigenvalue weighted by atomic mass is 32.2. The van der Waals surface area contributed by atoms with Crippen molar-refractivity contribution < 1.29 is 8.42 Å². The van der Waals surface area contributed by atoms with E-state index < -0.39 is 10.0 Å². The highest BCUT2D eigenvalue weighted by molar-refractivity contribution is 7.89. The number of nitrogens with zero attached hydrogens (tertiary/aromatic N) is 1. The van der Waals surface area contributed by atoms with Gasteiger partial charge in [0.15, 0.2) is 0 Å². The maximum absolute atomic E-state index is 11.3.